The number of amidine groups is 1. The maximum atomic E-state index is 5.42. The molecule has 1 aromatic carbocycles. The minimum Gasteiger partial charge on any atom is -0.382 e. The number of halogens is 1. The summed E-state index contributed by atoms with van der Waals surface area (Å²) in [7, 11) is 0. The Morgan fingerprint density at radius 3 is 1.81 bits per heavy atom. The van der Waals surface area contributed by atoms with Gasteiger partial charge in [-0.2, -0.15) is 5.10 Å². The fraction of sp³-hybridized carbons (Fsp3) is 0.353. The third-order valence-electron chi connectivity index (χ3n) is 2.03. The van der Waals surface area contributed by atoms with Gasteiger partial charge in [0.25, 0.3) is 0 Å². The summed E-state index contributed by atoms with van der Waals surface area (Å²) in [5.41, 5.74) is 7.59. The normalized spacial score (nSPS) is 10.4. The molecule has 0 radical (unpaired) electrons. The van der Waals surface area contributed by atoms with Crippen LogP contribution in [0.2, 0.25) is 0 Å². The molecule has 120 valence electrons. The molecule has 21 heavy (non-hydrogen) atoms. The van der Waals surface area contributed by atoms with Gasteiger partial charge in [-0.1, -0.05) is 68.0 Å². The molecule has 0 saturated heterocycles. The summed E-state index contributed by atoms with van der Waals surface area (Å²) in [6, 6.07) is 10.3. The fourth-order valence-electron chi connectivity index (χ4n) is 1.12. The van der Waals surface area contributed by atoms with Crippen LogP contribution in [0.3, 0.4) is 0 Å². The zero-order valence-electron chi connectivity index (χ0n) is 14.1. The van der Waals surface area contributed by atoms with Gasteiger partial charge >= 0.3 is 0 Å². The standard InChI is InChI=1S/C7H13N3.C7H8.C2H6.CH3Cl/c1-3-5-6(4-2)7(8)10-9;1-7-5-3-2-4-6-7;2*1-2/h3-5H,9H2,1-2H3,(H2,8,10);2-6H,1H3;1-2H3;1H3/b5-3-,6-4+;;;. The molecule has 0 heterocycles. The van der Waals surface area contributed by atoms with E-state index in [1.807, 2.05) is 64.1 Å². The average Bonchev–Trinajstić information content (AvgIpc) is 2.57. The van der Waals surface area contributed by atoms with E-state index < -0.39 is 0 Å². The monoisotopic (exact) mass is 311 g/mol. The molecule has 0 spiro atoms. The molecule has 0 aliphatic heterocycles. The molecule has 0 amide bonds. The number of aryl methyl sites for hydroxylation is 1. The number of nitrogens with zero attached hydrogens (tertiary/aromatic N) is 1. The van der Waals surface area contributed by atoms with Crippen molar-refractivity contribution in [3.63, 3.8) is 0 Å². The SMILES string of the molecule is CC.CCl.C\C=C/C(=C\C)C(/N)=N/N.Cc1ccccc1. The van der Waals surface area contributed by atoms with Gasteiger partial charge in [-0.3, -0.25) is 0 Å². The highest BCUT2D eigenvalue weighted by molar-refractivity contribution is 6.15. The highest BCUT2D eigenvalue weighted by Gasteiger charge is 1.93. The van der Waals surface area contributed by atoms with Crippen molar-refractivity contribution in [1.82, 2.24) is 0 Å². The molecule has 0 saturated carbocycles. The summed E-state index contributed by atoms with van der Waals surface area (Å²) < 4.78 is 0. The second-order valence-corrected chi connectivity index (χ2v) is 3.41. The molecule has 4 heteroatoms. The molecule has 4 N–H and O–H groups in total. The largest absolute Gasteiger partial charge is 0.382 e. The molecule has 3 nitrogen and oxygen atoms in total. The van der Waals surface area contributed by atoms with Gasteiger partial charge in [-0.05, 0) is 20.8 Å². The summed E-state index contributed by atoms with van der Waals surface area (Å²) in [5.74, 6) is 5.33. The summed E-state index contributed by atoms with van der Waals surface area (Å²) in [4.78, 5) is 0. The van der Waals surface area contributed by atoms with E-state index in [4.69, 9.17) is 11.6 Å². The van der Waals surface area contributed by atoms with Crippen molar-refractivity contribution in [3.05, 3.63) is 59.7 Å². The van der Waals surface area contributed by atoms with Crippen molar-refractivity contribution in [1.29, 1.82) is 0 Å². The van der Waals surface area contributed by atoms with Crippen molar-refractivity contribution in [2.75, 3.05) is 6.38 Å². The van der Waals surface area contributed by atoms with E-state index in [0.29, 0.717) is 5.84 Å². The summed E-state index contributed by atoms with van der Waals surface area (Å²) in [6.45, 7) is 9.88. The number of allylic oxidation sites excluding steroid dienone is 2. The Balaban J connectivity index is -0.000000256. The lowest BCUT2D eigenvalue weighted by Crippen LogP contribution is -2.15. The van der Waals surface area contributed by atoms with Gasteiger partial charge in [0.2, 0.25) is 0 Å². The van der Waals surface area contributed by atoms with Crippen LogP contribution in [0.5, 0.6) is 0 Å². The molecular weight excluding hydrogens is 282 g/mol. The first-order valence-corrected chi connectivity index (χ1v) is 7.63. The average molecular weight is 312 g/mol. The minimum absolute atomic E-state index is 0.362. The Morgan fingerprint density at radius 2 is 1.57 bits per heavy atom. The maximum absolute atomic E-state index is 5.42. The van der Waals surface area contributed by atoms with Crippen LogP contribution in [0, 0.1) is 6.92 Å². The fourth-order valence-corrected chi connectivity index (χ4v) is 1.12. The molecule has 1 aromatic rings. The number of benzene rings is 1. The number of nitrogens with two attached hydrogens (primary N) is 2. The molecule has 0 aliphatic carbocycles. The smallest absolute Gasteiger partial charge is 0.149 e. The van der Waals surface area contributed by atoms with Crippen LogP contribution in [0.25, 0.3) is 0 Å². The van der Waals surface area contributed by atoms with E-state index in [9.17, 15) is 0 Å². The van der Waals surface area contributed by atoms with Crippen LogP contribution in [0.4, 0.5) is 0 Å². The van der Waals surface area contributed by atoms with Crippen LogP contribution >= 0.6 is 11.6 Å². The van der Waals surface area contributed by atoms with Crippen LogP contribution < -0.4 is 11.6 Å². The molecule has 0 aliphatic rings. The van der Waals surface area contributed by atoms with Crippen molar-refractivity contribution in [2.24, 2.45) is 16.7 Å². The Bertz CT molecular complexity index is 396. The molecular formula is C17H30ClN3. The van der Waals surface area contributed by atoms with E-state index in [0.717, 1.165) is 5.57 Å². The summed E-state index contributed by atoms with van der Waals surface area (Å²) in [6.07, 6.45) is 7.06. The first kappa shape index (κ1) is 24.3. The second-order valence-electron chi connectivity index (χ2n) is 3.41. The zero-order valence-corrected chi connectivity index (χ0v) is 14.9. The number of hydrogen-bond donors (Lipinski definition) is 2. The predicted octanol–water partition coefficient (Wildman–Crippen LogP) is 4.62. The second kappa shape index (κ2) is 20.6. The van der Waals surface area contributed by atoms with Crippen LogP contribution in [-0.2, 0) is 0 Å². The van der Waals surface area contributed by atoms with Crippen LogP contribution in [0.15, 0.2) is 59.2 Å². The van der Waals surface area contributed by atoms with Crippen LogP contribution in [0.1, 0.15) is 33.3 Å². The van der Waals surface area contributed by atoms with Gasteiger partial charge in [0.05, 0.1) is 0 Å². The number of hydrazone groups is 1. The third-order valence-corrected chi connectivity index (χ3v) is 2.03. The van der Waals surface area contributed by atoms with E-state index in [1.54, 1.807) is 0 Å². The number of alkyl halides is 1. The van der Waals surface area contributed by atoms with Gasteiger partial charge in [0.1, 0.15) is 5.84 Å². The lowest BCUT2D eigenvalue weighted by atomic mass is 10.2. The van der Waals surface area contributed by atoms with E-state index >= 15 is 0 Å². The van der Waals surface area contributed by atoms with Crippen molar-refractivity contribution in [2.45, 2.75) is 34.6 Å². The van der Waals surface area contributed by atoms with Gasteiger partial charge in [-0.15, -0.1) is 11.6 Å². The molecule has 1 rings (SSSR count). The Kier molecular flexibility index (Phi) is 23.8. The quantitative estimate of drug-likeness (QED) is 0.209. The van der Waals surface area contributed by atoms with Crippen molar-refractivity contribution < 1.29 is 0 Å². The Labute approximate surface area is 135 Å². The van der Waals surface area contributed by atoms with Gasteiger partial charge in [0.15, 0.2) is 0 Å². The molecule has 0 atom stereocenters. The van der Waals surface area contributed by atoms with E-state index in [2.05, 4.69) is 35.8 Å². The van der Waals surface area contributed by atoms with E-state index in [1.165, 1.54) is 11.9 Å². The minimum atomic E-state index is 0.362. The maximum Gasteiger partial charge on any atom is 0.149 e. The first-order chi connectivity index (χ1) is 10.2. The van der Waals surface area contributed by atoms with Gasteiger partial charge in [-0.25, -0.2) is 0 Å². The molecule has 0 unspecified atom stereocenters. The molecule has 0 bridgehead atoms. The van der Waals surface area contributed by atoms with E-state index in [-0.39, 0.29) is 0 Å². The lowest BCUT2D eigenvalue weighted by molar-refractivity contribution is 1.23. The topological polar surface area (TPSA) is 64.4 Å². The summed E-state index contributed by atoms with van der Waals surface area (Å²) in [5, 5.41) is 3.35. The summed E-state index contributed by atoms with van der Waals surface area (Å²) >= 11 is 4.64. The Hall–Kier alpha value is -1.74. The highest BCUT2D eigenvalue weighted by atomic mass is 35.5. The Morgan fingerprint density at radius 1 is 1.10 bits per heavy atom. The number of hydrogen-bond acceptors (Lipinski definition) is 2. The van der Waals surface area contributed by atoms with Crippen LogP contribution in [-0.4, -0.2) is 12.2 Å². The third kappa shape index (κ3) is 16.2. The van der Waals surface area contributed by atoms with Gasteiger partial charge < -0.3 is 11.6 Å². The molecule has 0 aromatic heterocycles. The zero-order chi connectivity index (χ0) is 17.1. The highest BCUT2D eigenvalue weighted by Crippen LogP contribution is 1.95. The van der Waals surface area contributed by atoms with Crippen molar-refractivity contribution in [3.8, 4) is 0 Å². The number of rotatable bonds is 2. The van der Waals surface area contributed by atoms with Crippen molar-refractivity contribution >= 4 is 17.4 Å². The first-order valence-electron chi connectivity index (χ1n) is 6.87. The molecule has 0 fully saturated rings. The predicted molar refractivity (Wildman–Crippen MR) is 98.7 cm³/mol. The lowest BCUT2D eigenvalue weighted by Gasteiger charge is -1.96. The van der Waals surface area contributed by atoms with Gasteiger partial charge in [0, 0.05) is 12.0 Å².